The van der Waals surface area contributed by atoms with E-state index < -0.39 is 5.82 Å². The van der Waals surface area contributed by atoms with E-state index in [0.29, 0.717) is 13.1 Å². The summed E-state index contributed by atoms with van der Waals surface area (Å²) >= 11 is 0. The highest BCUT2D eigenvalue weighted by atomic mass is 19.1. The number of aromatic nitrogens is 2. The third kappa shape index (κ3) is 3.09. The second-order valence-electron chi connectivity index (χ2n) is 3.74. The Morgan fingerprint density at radius 2 is 2.17 bits per heavy atom. The van der Waals surface area contributed by atoms with E-state index in [9.17, 15) is 4.39 Å². The molecule has 1 aromatic heterocycles. The molecule has 0 spiro atoms. The molecule has 0 saturated carbocycles. The van der Waals surface area contributed by atoms with Crippen LogP contribution in [0.3, 0.4) is 0 Å². The van der Waals surface area contributed by atoms with Crippen molar-refractivity contribution in [2.45, 2.75) is 13.1 Å². The molecule has 0 aliphatic rings. The van der Waals surface area contributed by atoms with Crippen LogP contribution < -0.4 is 5.32 Å². The van der Waals surface area contributed by atoms with Crippen LogP contribution in [0.5, 0.6) is 0 Å². The predicted octanol–water partition coefficient (Wildman–Crippen LogP) is 1.78. The average Bonchev–Trinajstić information content (AvgIpc) is 2.42. The lowest BCUT2D eigenvalue weighted by Crippen LogP contribution is -2.14. The van der Waals surface area contributed by atoms with Gasteiger partial charge in [-0.05, 0) is 29.8 Å². The van der Waals surface area contributed by atoms with Crippen molar-refractivity contribution in [3.8, 4) is 6.07 Å². The van der Waals surface area contributed by atoms with Gasteiger partial charge in [-0.1, -0.05) is 6.07 Å². The smallest absolute Gasteiger partial charge is 0.140 e. The van der Waals surface area contributed by atoms with Crippen LogP contribution in [0.4, 0.5) is 4.39 Å². The van der Waals surface area contributed by atoms with Crippen molar-refractivity contribution in [1.29, 1.82) is 5.26 Å². The Balaban J connectivity index is 1.93. The van der Waals surface area contributed by atoms with E-state index in [-0.39, 0.29) is 5.56 Å². The maximum absolute atomic E-state index is 13.1. The van der Waals surface area contributed by atoms with E-state index in [1.807, 2.05) is 18.2 Å². The van der Waals surface area contributed by atoms with Crippen molar-refractivity contribution < 1.29 is 4.39 Å². The predicted molar refractivity (Wildman–Crippen MR) is 63.7 cm³/mol. The summed E-state index contributed by atoms with van der Waals surface area (Å²) in [7, 11) is 0. The number of hydrogen-bond donors (Lipinski definition) is 1. The summed E-state index contributed by atoms with van der Waals surface area (Å²) in [5, 5.41) is 19.6. The first kappa shape index (κ1) is 12.1. The zero-order valence-corrected chi connectivity index (χ0v) is 9.60. The van der Waals surface area contributed by atoms with E-state index in [0.717, 1.165) is 11.3 Å². The molecule has 0 atom stereocenters. The maximum atomic E-state index is 13.1. The maximum Gasteiger partial charge on any atom is 0.140 e. The first-order chi connectivity index (χ1) is 8.79. The molecule has 1 aromatic carbocycles. The van der Waals surface area contributed by atoms with Crippen LogP contribution in [0.25, 0.3) is 0 Å². The molecule has 4 nitrogen and oxygen atoms in total. The summed E-state index contributed by atoms with van der Waals surface area (Å²) in [6.07, 6.45) is 1.61. The number of hydrogen-bond acceptors (Lipinski definition) is 4. The summed E-state index contributed by atoms with van der Waals surface area (Å²) in [6.45, 7) is 1.12. The fraction of sp³-hybridized carbons (Fsp3) is 0.154. The molecule has 18 heavy (non-hydrogen) atoms. The quantitative estimate of drug-likeness (QED) is 0.887. The van der Waals surface area contributed by atoms with Crippen molar-refractivity contribution in [3.63, 3.8) is 0 Å². The van der Waals surface area contributed by atoms with Crippen LogP contribution in [-0.4, -0.2) is 10.2 Å². The van der Waals surface area contributed by atoms with Gasteiger partial charge in [-0.15, -0.1) is 0 Å². The number of nitrogens with one attached hydrogen (secondary N) is 1. The summed E-state index contributed by atoms with van der Waals surface area (Å²) in [4.78, 5) is 0. The molecule has 2 aromatic rings. The lowest BCUT2D eigenvalue weighted by molar-refractivity contribution is 0.620. The molecular weight excluding hydrogens is 231 g/mol. The van der Waals surface area contributed by atoms with Gasteiger partial charge >= 0.3 is 0 Å². The molecule has 0 amide bonds. The van der Waals surface area contributed by atoms with Crippen LogP contribution in [0.2, 0.25) is 0 Å². The molecular formula is C13H11FN4. The summed E-state index contributed by atoms with van der Waals surface area (Å²) in [5.41, 5.74) is 1.76. The lowest BCUT2D eigenvalue weighted by Gasteiger charge is -2.04. The number of rotatable bonds is 4. The number of halogens is 1. The fourth-order valence-corrected chi connectivity index (χ4v) is 1.53. The van der Waals surface area contributed by atoms with E-state index in [1.54, 1.807) is 18.3 Å². The molecule has 0 bridgehead atoms. The highest BCUT2D eigenvalue weighted by molar-refractivity contribution is 5.34. The molecule has 0 radical (unpaired) electrons. The molecule has 2 rings (SSSR count). The molecule has 1 N–H and O–H groups in total. The Morgan fingerprint density at radius 3 is 2.89 bits per heavy atom. The molecule has 0 saturated heterocycles. The summed E-state index contributed by atoms with van der Waals surface area (Å²) in [6, 6.07) is 10.00. The molecule has 5 heteroatoms. The van der Waals surface area contributed by atoms with E-state index >= 15 is 0 Å². The largest absolute Gasteiger partial charge is 0.307 e. The van der Waals surface area contributed by atoms with Gasteiger partial charge in [0, 0.05) is 19.3 Å². The van der Waals surface area contributed by atoms with Crippen LogP contribution >= 0.6 is 0 Å². The highest BCUT2D eigenvalue weighted by Crippen LogP contribution is 2.09. The van der Waals surface area contributed by atoms with Gasteiger partial charge in [0.1, 0.15) is 11.9 Å². The molecule has 0 fully saturated rings. The van der Waals surface area contributed by atoms with Crippen LogP contribution in [0.1, 0.15) is 16.8 Å². The number of nitrogens with zero attached hydrogens (tertiary/aromatic N) is 3. The average molecular weight is 242 g/mol. The van der Waals surface area contributed by atoms with Crippen molar-refractivity contribution in [3.05, 3.63) is 59.2 Å². The van der Waals surface area contributed by atoms with Gasteiger partial charge < -0.3 is 5.32 Å². The summed E-state index contributed by atoms with van der Waals surface area (Å²) < 4.78 is 13.1. The van der Waals surface area contributed by atoms with E-state index in [1.165, 1.54) is 6.07 Å². The van der Waals surface area contributed by atoms with Crippen LogP contribution in [-0.2, 0) is 13.1 Å². The zero-order valence-electron chi connectivity index (χ0n) is 9.60. The third-order valence-electron chi connectivity index (χ3n) is 2.41. The second kappa shape index (κ2) is 5.84. The first-order valence-corrected chi connectivity index (χ1v) is 5.45. The molecule has 0 aliphatic heterocycles. The van der Waals surface area contributed by atoms with Crippen molar-refractivity contribution >= 4 is 0 Å². The Bertz CT molecular complexity index is 563. The minimum absolute atomic E-state index is 0.0637. The number of benzene rings is 1. The molecule has 1 heterocycles. The van der Waals surface area contributed by atoms with E-state index in [2.05, 4.69) is 15.5 Å². The molecule has 0 unspecified atom stereocenters. The topological polar surface area (TPSA) is 61.6 Å². The normalized spacial score (nSPS) is 10.0. The van der Waals surface area contributed by atoms with Gasteiger partial charge in [0.15, 0.2) is 0 Å². The van der Waals surface area contributed by atoms with Crippen LogP contribution in [0.15, 0.2) is 36.5 Å². The van der Waals surface area contributed by atoms with Gasteiger partial charge in [-0.25, -0.2) is 4.39 Å². The van der Waals surface area contributed by atoms with Gasteiger partial charge in [0.2, 0.25) is 0 Å². The first-order valence-electron chi connectivity index (χ1n) is 5.45. The standard InChI is InChI=1S/C13H11FN4/c14-13-4-3-10(6-11(13)7-15)8-16-9-12-2-1-5-17-18-12/h1-6,16H,8-9H2. The lowest BCUT2D eigenvalue weighted by atomic mass is 10.1. The highest BCUT2D eigenvalue weighted by Gasteiger charge is 2.02. The van der Waals surface area contributed by atoms with Gasteiger partial charge in [-0.2, -0.15) is 15.5 Å². The molecule has 0 aliphatic carbocycles. The van der Waals surface area contributed by atoms with Crippen molar-refractivity contribution in [2.24, 2.45) is 0 Å². The second-order valence-corrected chi connectivity index (χ2v) is 3.74. The Kier molecular flexibility index (Phi) is 3.94. The van der Waals surface area contributed by atoms with E-state index in [4.69, 9.17) is 5.26 Å². The minimum Gasteiger partial charge on any atom is -0.307 e. The third-order valence-corrected chi connectivity index (χ3v) is 2.41. The Labute approximate surface area is 104 Å². The summed E-state index contributed by atoms with van der Waals surface area (Å²) in [5.74, 6) is -0.491. The van der Waals surface area contributed by atoms with Crippen molar-refractivity contribution in [2.75, 3.05) is 0 Å². The Hall–Kier alpha value is -2.32. The van der Waals surface area contributed by atoms with Crippen molar-refractivity contribution in [1.82, 2.24) is 15.5 Å². The monoisotopic (exact) mass is 242 g/mol. The van der Waals surface area contributed by atoms with Crippen LogP contribution in [0, 0.1) is 17.1 Å². The fourth-order valence-electron chi connectivity index (χ4n) is 1.53. The number of nitriles is 1. The van der Waals surface area contributed by atoms with Gasteiger partial charge in [0.25, 0.3) is 0 Å². The Morgan fingerprint density at radius 1 is 1.28 bits per heavy atom. The van der Waals surface area contributed by atoms with Gasteiger partial charge in [-0.3, -0.25) is 0 Å². The molecule has 90 valence electrons. The van der Waals surface area contributed by atoms with Gasteiger partial charge in [0.05, 0.1) is 11.3 Å². The minimum atomic E-state index is -0.491. The SMILES string of the molecule is N#Cc1cc(CNCc2cccnn2)ccc1F. The zero-order chi connectivity index (χ0) is 12.8.